The first-order valence-electron chi connectivity index (χ1n) is 10.9. The van der Waals surface area contributed by atoms with Crippen LogP contribution in [0.4, 0.5) is 14.9 Å². The molecule has 2 amide bonds. The maximum absolute atomic E-state index is 13.1. The Morgan fingerprint density at radius 2 is 1.87 bits per heavy atom. The lowest BCUT2D eigenvalue weighted by Gasteiger charge is -2.33. The molecule has 2 aliphatic rings. The van der Waals surface area contributed by atoms with E-state index in [1.165, 1.54) is 23.3 Å². The van der Waals surface area contributed by atoms with Crippen molar-refractivity contribution in [2.45, 2.75) is 32.4 Å². The van der Waals surface area contributed by atoms with E-state index in [1.807, 2.05) is 12.1 Å². The van der Waals surface area contributed by atoms with Crippen LogP contribution in [0.5, 0.6) is 0 Å². The van der Waals surface area contributed by atoms with Crippen LogP contribution in [0.3, 0.4) is 0 Å². The molecule has 2 aliphatic heterocycles. The molecule has 2 heterocycles. The number of urea groups is 1. The van der Waals surface area contributed by atoms with E-state index in [4.69, 9.17) is 0 Å². The van der Waals surface area contributed by atoms with E-state index in [0.29, 0.717) is 25.0 Å². The van der Waals surface area contributed by atoms with Gasteiger partial charge in [-0.1, -0.05) is 24.3 Å². The third-order valence-corrected chi connectivity index (χ3v) is 6.37. The molecule has 0 saturated carbocycles. The number of nitrogens with zero attached hydrogens (tertiary/aromatic N) is 2. The van der Waals surface area contributed by atoms with E-state index >= 15 is 0 Å². The van der Waals surface area contributed by atoms with E-state index in [9.17, 15) is 9.18 Å². The standard InChI is InChI=1S/C24H31FN4O/c1-18(28-13-11-20-4-2-3-5-21(20)17-28)14-26-24(30)27-15-19-10-12-29(16-19)23-8-6-22(25)7-9-23/h2-9,18-19H,10-17H2,1H3,(H2,26,27,30). The molecule has 160 valence electrons. The first kappa shape index (κ1) is 20.7. The lowest BCUT2D eigenvalue weighted by atomic mass is 9.99. The van der Waals surface area contributed by atoms with E-state index in [0.717, 1.165) is 44.7 Å². The largest absolute Gasteiger partial charge is 0.371 e. The van der Waals surface area contributed by atoms with Crippen LogP contribution in [0.1, 0.15) is 24.5 Å². The monoisotopic (exact) mass is 410 g/mol. The summed E-state index contributed by atoms with van der Waals surface area (Å²) in [4.78, 5) is 17.0. The maximum atomic E-state index is 13.1. The smallest absolute Gasteiger partial charge is 0.314 e. The molecule has 5 nitrogen and oxygen atoms in total. The van der Waals surface area contributed by atoms with Gasteiger partial charge < -0.3 is 15.5 Å². The molecule has 2 unspecified atom stereocenters. The number of fused-ring (bicyclic) bond motifs is 1. The van der Waals surface area contributed by atoms with Crippen molar-refractivity contribution in [3.8, 4) is 0 Å². The Morgan fingerprint density at radius 1 is 1.10 bits per heavy atom. The highest BCUT2D eigenvalue weighted by Crippen LogP contribution is 2.23. The number of carbonyl (C=O) groups excluding carboxylic acids is 1. The van der Waals surface area contributed by atoms with Crippen molar-refractivity contribution in [3.05, 3.63) is 65.5 Å². The average Bonchev–Trinajstić information content (AvgIpc) is 3.25. The summed E-state index contributed by atoms with van der Waals surface area (Å²) in [6.07, 6.45) is 2.10. The highest BCUT2D eigenvalue weighted by Gasteiger charge is 2.24. The maximum Gasteiger partial charge on any atom is 0.314 e. The quantitative estimate of drug-likeness (QED) is 0.767. The van der Waals surface area contributed by atoms with Gasteiger partial charge in [0.15, 0.2) is 0 Å². The fraction of sp³-hybridized carbons (Fsp3) is 0.458. The molecule has 0 aliphatic carbocycles. The van der Waals surface area contributed by atoms with Crippen molar-refractivity contribution in [2.75, 3.05) is 37.6 Å². The van der Waals surface area contributed by atoms with Gasteiger partial charge in [-0.2, -0.15) is 0 Å². The molecule has 2 N–H and O–H groups in total. The minimum Gasteiger partial charge on any atom is -0.371 e. The van der Waals surface area contributed by atoms with Crippen molar-refractivity contribution in [2.24, 2.45) is 5.92 Å². The van der Waals surface area contributed by atoms with Gasteiger partial charge in [0.1, 0.15) is 5.82 Å². The zero-order valence-electron chi connectivity index (χ0n) is 17.6. The number of benzene rings is 2. The number of halogens is 1. The van der Waals surface area contributed by atoms with Gasteiger partial charge >= 0.3 is 6.03 Å². The Balaban J connectivity index is 1.16. The van der Waals surface area contributed by atoms with E-state index in [1.54, 1.807) is 0 Å². The molecule has 2 aromatic rings. The van der Waals surface area contributed by atoms with Gasteiger partial charge in [0.2, 0.25) is 0 Å². The van der Waals surface area contributed by atoms with Crippen LogP contribution >= 0.6 is 0 Å². The Morgan fingerprint density at radius 3 is 2.67 bits per heavy atom. The predicted octanol–water partition coefficient (Wildman–Crippen LogP) is 3.40. The lowest BCUT2D eigenvalue weighted by Crippen LogP contribution is -2.47. The van der Waals surface area contributed by atoms with E-state index in [2.05, 4.69) is 51.6 Å². The van der Waals surface area contributed by atoms with Crippen molar-refractivity contribution in [1.29, 1.82) is 0 Å². The Kier molecular flexibility index (Phi) is 6.53. The number of hydrogen-bond acceptors (Lipinski definition) is 3. The van der Waals surface area contributed by atoms with Crippen molar-refractivity contribution >= 4 is 11.7 Å². The summed E-state index contributed by atoms with van der Waals surface area (Å²) in [7, 11) is 0. The second-order valence-electron chi connectivity index (χ2n) is 8.51. The van der Waals surface area contributed by atoms with Crippen LogP contribution in [-0.2, 0) is 13.0 Å². The summed E-state index contributed by atoms with van der Waals surface area (Å²) >= 11 is 0. The number of carbonyl (C=O) groups is 1. The predicted molar refractivity (Wildman–Crippen MR) is 118 cm³/mol. The first-order valence-corrected chi connectivity index (χ1v) is 10.9. The fourth-order valence-electron chi connectivity index (χ4n) is 4.45. The number of rotatable bonds is 6. The third-order valence-electron chi connectivity index (χ3n) is 6.37. The van der Waals surface area contributed by atoms with Crippen LogP contribution in [0.2, 0.25) is 0 Å². The summed E-state index contributed by atoms with van der Waals surface area (Å²) in [5, 5.41) is 6.05. The third kappa shape index (κ3) is 5.11. The number of anilines is 1. The molecule has 2 atom stereocenters. The van der Waals surface area contributed by atoms with Crippen LogP contribution < -0.4 is 15.5 Å². The Hall–Kier alpha value is -2.60. The van der Waals surface area contributed by atoms with Gasteiger partial charge in [-0.05, 0) is 61.1 Å². The zero-order chi connectivity index (χ0) is 20.9. The molecule has 0 bridgehead atoms. The summed E-state index contributed by atoms with van der Waals surface area (Å²) in [5.41, 5.74) is 3.88. The second kappa shape index (κ2) is 9.47. The summed E-state index contributed by atoms with van der Waals surface area (Å²) in [6.45, 7) is 7.27. The SMILES string of the molecule is CC(CNC(=O)NCC1CCN(c2ccc(F)cc2)C1)N1CCc2ccccc2C1. The molecule has 4 rings (SSSR count). The molecule has 2 aromatic carbocycles. The van der Waals surface area contributed by atoms with Crippen molar-refractivity contribution < 1.29 is 9.18 Å². The van der Waals surface area contributed by atoms with Crippen LogP contribution in [-0.4, -0.2) is 49.7 Å². The van der Waals surface area contributed by atoms with Gasteiger partial charge in [0.05, 0.1) is 0 Å². The Labute approximate surface area is 178 Å². The van der Waals surface area contributed by atoms with E-state index < -0.39 is 0 Å². The van der Waals surface area contributed by atoms with Crippen LogP contribution in [0.25, 0.3) is 0 Å². The summed E-state index contributed by atoms with van der Waals surface area (Å²) < 4.78 is 13.1. The molecule has 0 aromatic heterocycles. The minimum atomic E-state index is -0.212. The Bertz CT molecular complexity index is 857. The van der Waals surface area contributed by atoms with E-state index in [-0.39, 0.29) is 11.8 Å². The molecule has 0 radical (unpaired) electrons. The van der Waals surface area contributed by atoms with Gasteiger partial charge in [0, 0.05) is 51.0 Å². The average molecular weight is 411 g/mol. The molecular weight excluding hydrogens is 379 g/mol. The van der Waals surface area contributed by atoms with Gasteiger partial charge in [-0.25, -0.2) is 9.18 Å². The highest BCUT2D eigenvalue weighted by atomic mass is 19.1. The summed E-state index contributed by atoms with van der Waals surface area (Å²) in [6, 6.07) is 15.4. The van der Waals surface area contributed by atoms with Gasteiger partial charge in [0.25, 0.3) is 0 Å². The summed E-state index contributed by atoms with van der Waals surface area (Å²) in [5.74, 6) is 0.202. The van der Waals surface area contributed by atoms with Gasteiger partial charge in [-0.15, -0.1) is 0 Å². The molecule has 1 fully saturated rings. The zero-order valence-corrected chi connectivity index (χ0v) is 17.6. The molecule has 30 heavy (non-hydrogen) atoms. The topological polar surface area (TPSA) is 47.6 Å². The highest BCUT2D eigenvalue weighted by molar-refractivity contribution is 5.73. The number of hydrogen-bond donors (Lipinski definition) is 2. The van der Waals surface area contributed by atoms with Crippen molar-refractivity contribution in [1.82, 2.24) is 15.5 Å². The second-order valence-corrected chi connectivity index (χ2v) is 8.51. The molecule has 6 heteroatoms. The molecule has 0 spiro atoms. The molecule has 1 saturated heterocycles. The van der Waals surface area contributed by atoms with Gasteiger partial charge in [-0.3, -0.25) is 4.90 Å². The van der Waals surface area contributed by atoms with Crippen LogP contribution in [0.15, 0.2) is 48.5 Å². The lowest BCUT2D eigenvalue weighted by molar-refractivity contribution is 0.184. The molecular formula is C24H31FN4O. The fourth-order valence-corrected chi connectivity index (χ4v) is 4.45. The first-order chi connectivity index (χ1) is 14.6. The number of nitrogens with one attached hydrogen (secondary N) is 2. The minimum absolute atomic E-state index is 0.0977. The normalized spacial score (nSPS) is 19.9. The van der Waals surface area contributed by atoms with Crippen molar-refractivity contribution in [3.63, 3.8) is 0 Å². The van der Waals surface area contributed by atoms with Crippen LogP contribution in [0, 0.1) is 11.7 Å². The number of amides is 2.